The number of nitrogens with zero attached hydrogens (tertiary/aromatic N) is 5. The van der Waals surface area contributed by atoms with Crippen molar-refractivity contribution < 1.29 is 13.2 Å². The maximum atomic E-state index is 13.8. The van der Waals surface area contributed by atoms with Gasteiger partial charge in [0.2, 0.25) is 5.89 Å². The van der Waals surface area contributed by atoms with Crippen molar-refractivity contribution in [2.24, 2.45) is 0 Å². The highest BCUT2D eigenvalue weighted by molar-refractivity contribution is 5.43. The van der Waals surface area contributed by atoms with Crippen LogP contribution in [0.15, 0.2) is 23.0 Å². The topological polar surface area (TPSA) is 67.9 Å². The van der Waals surface area contributed by atoms with Crippen molar-refractivity contribution in [3.8, 4) is 11.6 Å². The molecule has 2 aliphatic rings. The van der Waals surface area contributed by atoms with Crippen molar-refractivity contribution in [3.05, 3.63) is 24.5 Å². The minimum absolute atomic E-state index is 0.199. The van der Waals surface area contributed by atoms with Crippen LogP contribution in [0.3, 0.4) is 0 Å². The number of hydrogen-bond acceptors (Lipinski definition) is 6. The van der Waals surface area contributed by atoms with Crippen molar-refractivity contribution in [3.63, 3.8) is 0 Å². The van der Waals surface area contributed by atoms with Gasteiger partial charge in [-0.3, -0.25) is 9.88 Å². The Hall–Kier alpha value is -1.96. The molecule has 6 nitrogen and oxygen atoms in total. The fourth-order valence-electron chi connectivity index (χ4n) is 3.06. The van der Waals surface area contributed by atoms with E-state index in [0.717, 1.165) is 19.3 Å². The molecule has 1 atom stereocenters. The molecule has 0 amide bonds. The highest BCUT2D eigenvalue weighted by atomic mass is 19.3. The summed E-state index contributed by atoms with van der Waals surface area (Å²) in [5.74, 6) is -2.25. The predicted octanol–water partition coefficient (Wildman–Crippen LogP) is 2.46. The Labute approximate surface area is 125 Å². The van der Waals surface area contributed by atoms with Gasteiger partial charge in [0.1, 0.15) is 5.69 Å². The third-order valence-corrected chi connectivity index (χ3v) is 4.36. The van der Waals surface area contributed by atoms with E-state index < -0.39 is 12.0 Å². The van der Waals surface area contributed by atoms with Gasteiger partial charge in [-0.1, -0.05) is 6.42 Å². The van der Waals surface area contributed by atoms with E-state index in [1.165, 1.54) is 18.6 Å². The maximum Gasteiger partial charge on any atom is 0.267 e. The van der Waals surface area contributed by atoms with E-state index >= 15 is 0 Å². The van der Waals surface area contributed by atoms with Crippen molar-refractivity contribution >= 4 is 0 Å². The predicted molar refractivity (Wildman–Crippen MR) is 72.0 cm³/mol. The molecule has 0 spiro atoms. The summed E-state index contributed by atoms with van der Waals surface area (Å²) in [4.78, 5) is 9.83. The lowest BCUT2D eigenvalue weighted by molar-refractivity contribution is 0.00218. The zero-order chi connectivity index (χ0) is 15.2. The van der Waals surface area contributed by atoms with Crippen LogP contribution < -0.4 is 0 Å². The maximum absolute atomic E-state index is 13.8. The molecule has 3 heterocycles. The second kappa shape index (κ2) is 5.05. The number of halogens is 2. The zero-order valence-electron chi connectivity index (χ0n) is 11.8. The van der Waals surface area contributed by atoms with Crippen LogP contribution in [0, 0.1) is 0 Å². The van der Waals surface area contributed by atoms with Crippen LogP contribution in [0.5, 0.6) is 0 Å². The summed E-state index contributed by atoms with van der Waals surface area (Å²) < 4.78 is 33.3. The van der Waals surface area contributed by atoms with Gasteiger partial charge in [0.15, 0.2) is 0 Å². The molecular formula is C14H15F2N5O. The Bertz CT molecular complexity index is 658. The Morgan fingerprint density at radius 2 is 2.09 bits per heavy atom. The standard InChI is InChI=1S/C14H15F2N5O/c15-14(16)6-11(21(8-14)9-2-1-3-9)13-20-19-12(22-13)10-7-17-4-5-18-10/h4-5,7,9,11H,1-3,6,8H2. The molecule has 1 unspecified atom stereocenters. The monoisotopic (exact) mass is 307 g/mol. The second-order valence-corrected chi connectivity index (χ2v) is 5.87. The van der Waals surface area contributed by atoms with Gasteiger partial charge < -0.3 is 4.42 Å². The van der Waals surface area contributed by atoms with Crippen molar-refractivity contribution in [1.29, 1.82) is 0 Å². The zero-order valence-corrected chi connectivity index (χ0v) is 11.8. The van der Waals surface area contributed by atoms with E-state index in [-0.39, 0.29) is 30.8 Å². The average Bonchev–Trinajstić information content (AvgIpc) is 3.03. The van der Waals surface area contributed by atoms with Crippen LogP contribution in [0.2, 0.25) is 0 Å². The summed E-state index contributed by atoms with van der Waals surface area (Å²) in [6.45, 7) is -0.231. The van der Waals surface area contributed by atoms with E-state index in [1.807, 2.05) is 4.90 Å². The summed E-state index contributed by atoms with van der Waals surface area (Å²) in [6.07, 6.45) is 7.29. The van der Waals surface area contributed by atoms with E-state index in [9.17, 15) is 8.78 Å². The Kier molecular flexibility index (Phi) is 3.14. The van der Waals surface area contributed by atoms with Gasteiger partial charge in [-0.25, -0.2) is 13.8 Å². The molecule has 1 aliphatic carbocycles. The number of likely N-dealkylation sites (tertiary alicyclic amines) is 1. The minimum Gasteiger partial charge on any atom is -0.417 e. The fraction of sp³-hybridized carbons (Fsp3) is 0.571. The van der Waals surface area contributed by atoms with Crippen LogP contribution in [-0.2, 0) is 0 Å². The molecule has 0 bridgehead atoms. The quantitative estimate of drug-likeness (QED) is 0.867. The molecule has 0 aromatic carbocycles. The Morgan fingerprint density at radius 3 is 2.77 bits per heavy atom. The first-order valence-electron chi connectivity index (χ1n) is 7.36. The molecule has 22 heavy (non-hydrogen) atoms. The van der Waals surface area contributed by atoms with E-state index in [2.05, 4.69) is 20.2 Å². The van der Waals surface area contributed by atoms with Gasteiger partial charge in [0.25, 0.3) is 11.8 Å². The first-order chi connectivity index (χ1) is 10.6. The number of alkyl halides is 2. The molecule has 1 saturated heterocycles. The molecule has 116 valence electrons. The van der Waals surface area contributed by atoms with Crippen LogP contribution >= 0.6 is 0 Å². The van der Waals surface area contributed by atoms with Gasteiger partial charge in [-0.05, 0) is 12.8 Å². The lowest BCUT2D eigenvalue weighted by atomic mass is 9.91. The number of hydrogen-bond donors (Lipinski definition) is 0. The molecule has 1 aliphatic heterocycles. The first kappa shape index (κ1) is 13.7. The van der Waals surface area contributed by atoms with Gasteiger partial charge in [0, 0.05) is 24.9 Å². The molecule has 2 aromatic heterocycles. The normalized spacial score (nSPS) is 25.3. The van der Waals surface area contributed by atoms with Crippen molar-refractivity contribution in [2.75, 3.05) is 6.54 Å². The molecule has 4 rings (SSSR count). The smallest absolute Gasteiger partial charge is 0.267 e. The van der Waals surface area contributed by atoms with Gasteiger partial charge in [-0.2, -0.15) is 0 Å². The molecule has 0 N–H and O–H groups in total. The highest BCUT2D eigenvalue weighted by Crippen LogP contribution is 2.45. The summed E-state index contributed by atoms with van der Waals surface area (Å²) in [5.41, 5.74) is 0.446. The van der Waals surface area contributed by atoms with E-state index in [1.54, 1.807) is 0 Å². The average molecular weight is 307 g/mol. The molecule has 1 saturated carbocycles. The van der Waals surface area contributed by atoms with Gasteiger partial charge in [0.05, 0.1) is 18.8 Å². The SMILES string of the molecule is FC1(F)CC(c2nnc(-c3cnccn3)o2)N(C2CCC2)C1. The largest absolute Gasteiger partial charge is 0.417 e. The lowest BCUT2D eigenvalue weighted by Crippen LogP contribution is -2.41. The molecule has 2 fully saturated rings. The second-order valence-electron chi connectivity index (χ2n) is 5.87. The highest BCUT2D eigenvalue weighted by Gasteiger charge is 2.50. The summed E-state index contributed by atoms with van der Waals surface area (Å²) in [7, 11) is 0. The third-order valence-electron chi connectivity index (χ3n) is 4.36. The van der Waals surface area contributed by atoms with E-state index in [4.69, 9.17) is 4.42 Å². The molecule has 8 heteroatoms. The summed E-state index contributed by atoms with van der Waals surface area (Å²) in [5, 5.41) is 7.90. The van der Waals surface area contributed by atoms with Gasteiger partial charge >= 0.3 is 0 Å². The summed E-state index contributed by atoms with van der Waals surface area (Å²) in [6, 6.07) is -0.316. The van der Waals surface area contributed by atoms with Crippen LogP contribution in [-0.4, -0.2) is 43.6 Å². The Balaban J connectivity index is 1.61. The van der Waals surface area contributed by atoms with E-state index in [0.29, 0.717) is 5.69 Å². The van der Waals surface area contributed by atoms with Crippen LogP contribution in [0.25, 0.3) is 11.6 Å². The Morgan fingerprint density at radius 1 is 1.23 bits per heavy atom. The fourth-order valence-corrected chi connectivity index (χ4v) is 3.06. The van der Waals surface area contributed by atoms with Crippen molar-refractivity contribution in [2.45, 2.75) is 43.7 Å². The van der Waals surface area contributed by atoms with Crippen LogP contribution in [0.1, 0.15) is 37.6 Å². The lowest BCUT2D eigenvalue weighted by Gasteiger charge is -2.37. The van der Waals surface area contributed by atoms with Gasteiger partial charge in [-0.15, -0.1) is 10.2 Å². The minimum atomic E-state index is -2.71. The van der Waals surface area contributed by atoms with Crippen LogP contribution in [0.4, 0.5) is 8.78 Å². The molecule has 2 aromatic rings. The third kappa shape index (κ3) is 2.37. The molecule has 0 radical (unpaired) electrons. The van der Waals surface area contributed by atoms with Crippen molar-refractivity contribution in [1.82, 2.24) is 25.1 Å². The first-order valence-corrected chi connectivity index (χ1v) is 7.36. The number of rotatable bonds is 3. The summed E-state index contributed by atoms with van der Waals surface area (Å²) >= 11 is 0. The number of aromatic nitrogens is 4. The molecular weight excluding hydrogens is 292 g/mol.